The topological polar surface area (TPSA) is 26.3 Å². The van der Waals surface area contributed by atoms with Crippen LogP contribution in [0.15, 0.2) is 0 Å². The number of carbonyl (C=O) groups excluding carboxylic acids is 1. The number of ether oxygens (including phenoxy) is 1. The van der Waals surface area contributed by atoms with E-state index < -0.39 is 0 Å². The van der Waals surface area contributed by atoms with Crippen LogP contribution in [0.3, 0.4) is 0 Å². The predicted molar refractivity (Wildman–Crippen MR) is 59.5 cm³/mol. The summed E-state index contributed by atoms with van der Waals surface area (Å²) in [7, 11) is 0. The Morgan fingerprint density at radius 1 is 1.21 bits per heavy atom. The van der Waals surface area contributed by atoms with Gasteiger partial charge in [-0.25, -0.2) is 0 Å². The molecule has 0 saturated carbocycles. The van der Waals surface area contributed by atoms with E-state index in [1.54, 1.807) is 0 Å². The standard InChI is InChI=1S/C12H24O2/c1-4-6-7-8-9-11(3)14-10-12(13)5-2/h11H,4-10H2,1-3H3. The van der Waals surface area contributed by atoms with Gasteiger partial charge in [-0.3, -0.25) is 4.79 Å². The van der Waals surface area contributed by atoms with Crippen molar-refractivity contribution in [1.82, 2.24) is 0 Å². The van der Waals surface area contributed by atoms with Gasteiger partial charge < -0.3 is 4.74 Å². The minimum Gasteiger partial charge on any atom is -0.371 e. The fourth-order valence-corrected chi connectivity index (χ4v) is 1.28. The highest BCUT2D eigenvalue weighted by Gasteiger charge is 2.04. The maximum atomic E-state index is 11.0. The Hall–Kier alpha value is -0.370. The highest BCUT2D eigenvalue weighted by atomic mass is 16.5. The average Bonchev–Trinajstić information content (AvgIpc) is 2.21. The number of ketones is 1. The SMILES string of the molecule is CCCCCCC(C)OCC(=O)CC. The van der Waals surface area contributed by atoms with Crippen molar-refractivity contribution in [1.29, 1.82) is 0 Å². The Bertz CT molecular complexity index is 143. The van der Waals surface area contributed by atoms with E-state index in [-0.39, 0.29) is 11.9 Å². The molecule has 0 rings (SSSR count). The van der Waals surface area contributed by atoms with Crippen molar-refractivity contribution in [3.05, 3.63) is 0 Å². The molecule has 0 radical (unpaired) electrons. The van der Waals surface area contributed by atoms with E-state index in [9.17, 15) is 4.79 Å². The summed E-state index contributed by atoms with van der Waals surface area (Å²) in [6, 6.07) is 0. The van der Waals surface area contributed by atoms with Gasteiger partial charge in [0, 0.05) is 6.42 Å². The second-order valence-electron chi connectivity index (χ2n) is 3.86. The number of hydrogen-bond donors (Lipinski definition) is 0. The van der Waals surface area contributed by atoms with Gasteiger partial charge in [-0.2, -0.15) is 0 Å². The van der Waals surface area contributed by atoms with Crippen molar-refractivity contribution in [2.45, 2.75) is 65.4 Å². The minimum absolute atomic E-state index is 0.199. The van der Waals surface area contributed by atoms with Crippen LogP contribution in [0.1, 0.15) is 59.3 Å². The van der Waals surface area contributed by atoms with Crippen molar-refractivity contribution in [2.24, 2.45) is 0 Å². The molecule has 2 heteroatoms. The van der Waals surface area contributed by atoms with Gasteiger partial charge in [-0.15, -0.1) is 0 Å². The molecule has 0 saturated heterocycles. The van der Waals surface area contributed by atoms with Gasteiger partial charge in [0.15, 0.2) is 5.78 Å². The smallest absolute Gasteiger partial charge is 0.158 e. The largest absolute Gasteiger partial charge is 0.371 e. The molecule has 0 aromatic carbocycles. The summed E-state index contributed by atoms with van der Waals surface area (Å²) >= 11 is 0. The van der Waals surface area contributed by atoms with Gasteiger partial charge in [-0.1, -0.05) is 39.5 Å². The first-order chi connectivity index (χ1) is 6.70. The fraction of sp³-hybridized carbons (Fsp3) is 0.917. The zero-order chi connectivity index (χ0) is 10.8. The quantitative estimate of drug-likeness (QED) is 0.534. The fourth-order valence-electron chi connectivity index (χ4n) is 1.28. The number of carbonyl (C=O) groups is 1. The first-order valence-corrected chi connectivity index (χ1v) is 5.84. The molecular weight excluding hydrogens is 176 g/mol. The van der Waals surface area contributed by atoms with E-state index >= 15 is 0 Å². The van der Waals surface area contributed by atoms with E-state index in [1.807, 2.05) is 6.92 Å². The molecule has 0 aliphatic heterocycles. The molecule has 1 unspecified atom stereocenters. The second kappa shape index (κ2) is 9.20. The lowest BCUT2D eigenvalue weighted by Crippen LogP contribution is -2.14. The number of Topliss-reactive ketones (excluding diaryl/α,β-unsaturated/α-hetero) is 1. The second-order valence-corrected chi connectivity index (χ2v) is 3.86. The molecule has 0 fully saturated rings. The van der Waals surface area contributed by atoms with E-state index in [0.717, 1.165) is 6.42 Å². The molecule has 0 bridgehead atoms. The van der Waals surface area contributed by atoms with Crippen LogP contribution in [0.2, 0.25) is 0 Å². The zero-order valence-electron chi connectivity index (χ0n) is 9.84. The van der Waals surface area contributed by atoms with Crippen LogP contribution in [0.4, 0.5) is 0 Å². The summed E-state index contributed by atoms with van der Waals surface area (Å²) in [5.74, 6) is 0.199. The van der Waals surface area contributed by atoms with Crippen molar-refractivity contribution in [3.63, 3.8) is 0 Å². The summed E-state index contributed by atoms with van der Waals surface area (Å²) in [4.78, 5) is 11.0. The zero-order valence-corrected chi connectivity index (χ0v) is 9.84. The summed E-state index contributed by atoms with van der Waals surface area (Å²) in [6.07, 6.45) is 6.98. The van der Waals surface area contributed by atoms with E-state index in [2.05, 4.69) is 13.8 Å². The molecular formula is C12H24O2. The number of hydrogen-bond acceptors (Lipinski definition) is 2. The molecule has 0 aliphatic rings. The van der Waals surface area contributed by atoms with Crippen LogP contribution in [0.25, 0.3) is 0 Å². The van der Waals surface area contributed by atoms with Crippen molar-refractivity contribution < 1.29 is 9.53 Å². The average molecular weight is 200 g/mol. The lowest BCUT2D eigenvalue weighted by Gasteiger charge is -2.11. The summed E-state index contributed by atoms with van der Waals surface area (Å²) in [5, 5.41) is 0. The molecule has 84 valence electrons. The predicted octanol–water partition coefficient (Wildman–Crippen LogP) is 3.34. The van der Waals surface area contributed by atoms with Gasteiger partial charge in [0.1, 0.15) is 6.61 Å². The third-order valence-electron chi connectivity index (χ3n) is 2.39. The van der Waals surface area contributed by atoms with Gasteiger partial charge in [-0.05, 0) is 13.3 Å². The van der Waals surface area contributed by atoms with E-state index in [1.165, 1.54) is 25.7 Å². The first-order valence-electron chi connectivity index (χ1n) is 5.84. The Balaban J connectivity index is 3.27. The van der Waals surface area contributed by atoms with Crippen LogP contribution >= 0.6 is 0 Å². The Morgan fingerprint density at radius 2 is 1.93 bits per heavy atom. The monoisotopic (exact) mass is 200 g/mol. The summed E-state index contributed by atoms with van der Waals surface area (Å²) < 4.78 is 5.43. The molecule has 0 amide bonds. The van der Waals surface area contributed by atoms with E-state index in [0.29, 0.717) is 13.0 Å². The lowest BCUT2D eigenvalue weighted by atomic mass is 10.1. The Kier molecular flexibility index (Phi) is 8.95. The van der Waals surface area contributed by atoms with Crippen LogP contribution in [0, 0.1) is 0 Å². The minimum atomic E-state index is 0.199. The Labute approximate surface area is 88.0 Å². The van der Waals surface area contributed by atoms with Gasteiger partial charge in [0.2, 0.25) is 0 Å². The maximum Gasteiger partial charge on any atom is 0.158 e. The molecule has 0 aromatic rings. The molecule has 1 atom stereocenters. The number of rotatable bonds is 9. The summed E-state index contributed by atoms with van der Waals surface area (Å²) in [5.41, 5.74) is 0. The molecule has 0 aliphatic carbocycles. The van der Waals surface area contributed by atoms with Gasteiger partial charge >= 0.3 is 0 Å². The summed E-state index contributed by atoms with van der Waals surface area (Å²) in [6.45, 7) is 6.43. The molecule has 14 heavy (non-hydrogen) atoms. The van der Waals surface area contributed by atoms with Crippen molar-refractivity contribution in [2.75, 3.05) is 6.61 Å². The van der Waals surface area contributed by atoms with Crippen molar-refractivity contribution >= 4 is 5.78 Å². The van der Waals surface area contributed by atoms with Crippen LogP contribution in [-0.4, -0.2) is 18.5 Å². The van der Waals surface area contributed by atoms with Gasteiger partial charge in [0.05, 0.1) is 6.10 Å². The van der Waals surface area contributed by atoms with Crippen LogP contribution in [-0.2, 0) is 9.53 Å². The Morgan fingerprint density at radius 3 is 2.50 bits per heavy atom. The molecule has 0 heterocycles. The highest BCUT2D eigenvalue weighted by Crippen LogP contribution is 2.07. The highest BCUT2D eigenvalue weighted by molar-refractivity contribution is 5.79. The maximum absolute atomic E-state index is 11.0. The third kappa shape index (κ3) is 8.24. The molecule has 0 aromatic heterocycles. The van der Waals surface area contributed by atoms with Crippen molar-refractivity contribution in [3.8, 4) is 0 Å². The molecule has 0 spiro atoms. The van der Waals surface area contributed by atoms with Crippen LogP contribution in [0.5, 0.6) is 0 Å². The first kappa shape index (κ1) is 13.6. The number of unbranched alkanes of at least 4 members (excludes halogenated alkanes) is 3. The van der Waals surface area contributed by atoms with Gasteiger partial charge in [0.25, 0.3) is 0 Å². The van der Waals surface area contributed by atoms with Crippen LogP contribution < -0.4 is 0 Å². The third-order valence-corrected chi connectivity index (χ3v) is 2.39. The lowest BCUT2D eigenvalue weighted by molar-refractivity contribution is -0.125. The molecule has 0 N–H and O–H groups in total. The molecule has 2 nitrogen and oxygen atoms in total. The van der Waals surface area contributed by atoms with E-state index in [4.69, 9.17) is 4.74 Å². The normalized spacial score (nSPS) is 12.8.